The van der Waals surface area contributed by atoms with Crippen LogP contribution < -0.4 is 0 Å². The summed E-state index contributed by atoms with van der Waals surface area (Å²) in [6, 6.07) is 1.77. The molecule has 0 unspecified atom stereocenters. The minimum atomic E-state index is -4.69. The SMILES string of the molecule is O=Cc1c(N=O)cc(Br)cc1C(F)(F)F. The van der Waals surface area contributed by atoms with Gasteiger partial charge in [-0.25, -0.2) is 0 Å². The molecule has 1 aromatic rings. The summed E-state index contributed by atoms with van der Waals surface area (Å²) in [5.74, 6) is 0. The fraction of sp³-hybridized carbons (Fsp3) is 0.125. The Morgan fingerprint density at radius 2 is 1.93 bits per heavy atom. The van der Waals surface area contributed by atoms with E-state index >= 15 is 0 Å². The first-order valence-corrected chi connectivity index (χ1v) is 4.38. The van der Waals surface area contributed by atoms with Crippen LogP contribution in [-0.2, 0) is 6.18 Å². The maximum absolute atomic E-state index is 12.4. The molecule has 7 heteroatoms. The normalized spacial score (nSPS) is 11.2. The first-order valence-electron chi connectivity index (χ1n) is 3.59. The second-order valence-corrected chi connectivity index (χ2v) is 3.51. The van der Waals surface area contributed by atoms with E-state index in [1.807, 2.05) is 0 Å². The molecule has 0 bridgehead atoms. The van der Waals surface area contributed by atoms with Crippen LogP contribution in [0.2, 0.25) is 0 Å². The Morgan fingerprint density at radius 1 is 1.33 bits per heavy atom. The molecule has 80 valence electrons. The Labute approximate surface area is 90.4 Å². The summed E-state index contributed by atoms with van der Waals surface area (Å²) in [4.78, 5) is 20.7. The summed E-state index contributed by atoms with van der Waals surface area (Å²) in [5.41, 5.74) is -2.46. The predicted octanol–water partition coefficient (Wildman–Crippen LogP) is 3.68. The standard InChI is InChI=1S/C8H3BrF3NO2/c9-4-1-6(8(10,11)12)5(3-14)7(2-4)13-15/h1-3H. The van der Waals surface area contributed by atoms with Crippen LogP contribution in [0.5, 0.6) is 0 Å². The fourth-order valence-corrected chi connectivity index (χ4v) is 1.48. The van der Waals surface area contributed by atoms with E-state index in [1.54, 1.807) is 0 Å². The van der Waals surface area contributed by atoms with Crippen LogP contribution in [0.25, 0.3) is 0 Å². The quantitative estimate of drug-likeness (QED) is 0.613. The van der Waals surface area contributed by atoms with Crippen molar-refractivity contribution in [2.45, 2.75) is 6.18 Å². The predicted molar refractivity (Wildman–Crippen MR) is 50.0 cm³/mol. The zero-order chi connectivity index (χ0) is 11.6. The van der Waals surface area contributed by atoms with E-state index in [1.165, 1.54) is 0 Å². The molecule has 3 nitrogen and oxygen atoms in total. The maximum Gasteiger partial charge on any atom is 0.417 e. The molecule has 0 fully saturated rings. The molecule has 0 aromatic heterocycles. The average molecular weight is 282 g/mol. The number of hydrogen-bond donors (Lipinski definition) is 0. The van der Waals surface area contributed by atoms with Gasteiger partial charge in [-0.1, -0.05) is 15.9 Å². The molecule has 0 N–H and O–H groups in total. The monoisotopic (exact) mass is 281 g/mol. The van der Waals surface area contributed by atoms with Gasteiger partial charge >= 0.3 is 6.18 Å². The molecule has 0 aliphatic rings. The maximum atomic E-state index is 12.4. The van der Waals surface area contributed by atoms with Gasteiger partial charge in [0.25, 0.3) is 0 Å². The van der Waals surface area contributed by atoms with Crippen molar-refractivity contribution in [3.05, 3.63) is 32.6 Å². The number of aldehydes is 1. The minimum absolute atomic E-state index is 0.0357. The number of alkyl halides is 3. The zero-order valence-corrected chi connectivity index (χ0v) is 8.59. The zero-order valence-electron chi connectivity index (χ0n) is 7.01. The van der Waals surface area contributed by atoms with Gasteiger partial charge < -0.3 is 0 Å². The lowest BCUT2D eigenvalue weighted by Crippen LogP contribution is -2.09. The van der Waals surface area contributed by atoms with Gasteiger partial charge in [-0.2, -0.15) is 13.2 Å². The van der Waals surface area contributed by atoms with E-state index in [0.29, 0.717) is 0 Å². The summed E-state index contributed by atoms with van der Waals surface area (Å²) < 4.78 is 37.3. The molecule has 0 amide bonds. The smallest absolute Gasteiger partial charge is 0.298 e. The highest BCUT2D eigenvalue weighted by atomic mass is 79.9. The molecule has 1 aromatic carbocycles. The number of carbonyl (C=O) groups excluding carboxylic acids is 1. The van der Waals surface area contributed by atoms with Crippen molar-refractivity contribution < 1.29 is 18.0 Å². The van der Waals surface area contributed by atoms with Crippen LogP contribution in [0.3, 0.4) is 0 Å². The Kier molecular flexibility index (Phi) is 3.23. The van der Waals surface area contributed by atoms with Gasteiger partial charge in [0.15, 0.2) is 6.29 Å². The van der Waals surface area contributed by atoms with Gasteiger partial charge in [-0.15, -0.1) is 4.91 Å². The van der Waals surface area contributed by atoms with Crippen LogP contribution >= 0.6 is 15.9 Å². The molecule has 0 aliphatic heterocycles. The van der Waals surface area contributed by atoms with E-state index in [-0.39, 0.29) is 10.8 Å². The molecule has 0 saturated heterocycles. The third-order valence-electron chi connectivity index (χ3n) is 1.64. The van der Waals surface area contributed by atoms with Crippen molar-refractivity contribution in [2.24, 2.45) is 5.18 Å². The Bertz CT molecular complexity index is 417. The van der Waals surface area contributed by atoms with Crippen molar-refractivity contribution in [3.8, 4) is 0 Å². The van der Waals surface area contributed by atoms with Crippen LogP contribution in [0.4, 0.5) is 18.9 Å². The van der Waals surface area contributed by atoms with E-state index < -0.39 is 23.0 Å². The van der Waals surface area contributed by atoms with E-state index in [4.69, 9.17) is 0 Å². The first-order chi connectivity index (χ1) is 6.90. The average Bonchev–Trinajstić information content (AvgIpc) is 2.15. The number of hydrogen-bond acceptors (Lipinski definition) is 3. The molecule has 1 rings (SSSR count). The van der Waals surface area contributed by atoms with Gasteiger partial charge in [0.2, 0.25) is 0 Å². The third-order valence-corrected chi connectivity index (χ3v) is 2.10. The minimum Gasteiger partial charge on any atom is -0.298 e. The van der Waals surface area contributed by atoms with Crippen molar-refractivity contribution in [2.75, 3.05) is 0 Å². The number of benzene rings is 1. The number of carbonyl (C=O) groups is 1. The van der Waals surface area contributed by atoms with Crippen molar-refractivity contribution in [1.82, 2.24) is 0 Å². The lowest BCUT2D eigenvalue weighted by Gasteiger charge is -2.10. The Balaban J connectivity index is 3.56. The molecule has 0 aliphatic carbocycles. The number of halogens is 4. The number of nitroso groups, excluding NO2 is 1. The third kappa shape index (κ3) is 2.41. The first kappa shape index (κ1) is 11.8. The molecule has 0 saturated carbocycles. The van der Waals surface area contributed by atoms with Crippen LogP contribution in [0.15, 0.2) is 21.8 Å². The summed E-state index contributed by atoms with van der Waals surface area (Å²) in [6.07, 6.45) is -4.73. The van der Waals surface area contributed by atoms with Gasteiger partial charge in [-0.3, -0.25) is 4.79 Å². The molecule has 0 radical (unpaired) electrons. The summed E-state index contributed by atoms with van der Waals surface area (Å²) >= 11 is 2.79. The van der Waals surface area contributed by atoms with E-state index in [2.05, 4.69) is 21.1 Å². The van der Waals surface area contributed by atoms with E-state index in [0.717, 1.165) is 12.1 Å². The number of nitrogens with zero attached hydrogens (tertiary/aromatic N) is 1. The topological polar surface area (TPSA) is 46.5 Å². The van der Waals surface area contributed by atoms with Crippen molar-refractivity contribution >= 4 is 27.9 Å². The molecule has 0 heterocycles. The Morgan fingerprint density at radius 3 is 2.33 bits per heavy atom. The van der Waals surface area contributed by atoms with Crippen molar-refractivity contribution in [3.63, 3.8) is 0 Å². The second-order valence-electron chi connectivity index (χ2n) is 2.59. The Hall–Kier alpha value is -1.24. The summed E-state index contributed by atoms with van der Waals surface area (Å²) in [7, 11) is 0. The second kappa shape index (κ2) is 4.09. The highest BCUT2D eigenvalue weighted by molar-refractivity contribution is 9.10. The van der Waals surface area contributed by atoms with Gasteiger partial charge in [-0.05, 0) is 17.3 Å². The number of rotatable bonds is 2. The van der Waals surface area contributed by atoms with Crippen molar-refractivity contribution in [1.29, 1.82) is 0 Å². The highest BCUT2D eigenvalue weighted by Crippen LogP contribution is 2.37. The fourth-order valence-electron chi connectivity index (χ4n) is 1.04. The summed E-state index contributed by atoms with van der Waals surface area (Å²) in [6.45, 7) is 0. The molecular formula is C8H3BrF3NO2. The molecular weight excluding hydrogens is 279 g/mol. The lowest BCUT2D eigenvalue weighted by molar-refractivity contribution is -0.137. The lowest BCUT2D eigenvalue weighted by atomic mass is 10.1. The van der Waals surface area contributed by atoms with E-state index in [9.17, 15) is 22.9 Å². The van der Waals surface area contributed by atoms with Crippen LogP contribution in [0.1, 0.15) is 15.9 Å². The van der Waals surface area contributed by atoms with Crippen LogP contribution in [0, 0.1) is 4.91 Å². The van der Waals surface area contributed by atoms with Gasteiger partial charge in [0.05, 0.1) is 11.1 Å². The molecule has 15 heavy (non-hydrogen) atoms. The van der Waals surface area contributed by atoms with Crippen LogP contribution in [-0.4, -0.2) is 6.29 Å². The summed E-state index contributed by atoms with van der Waals surface area (Å²) in [5, 5.41) is 2.37. The molecule has 0 spiro atoms. The largest absolute Gasteiger partial charge is 0.417 e. The van der Waals surface area contributed by atoms with Gasteiger partial charge in [0.1, 0.15) is 5.69 Å². The molecule has 0 atom stereocenters. The van der Waals surface area contributed by atoms with Gasteiger partial charge in [0, 0.05) is 4.47 Å². The highest BCUT2D eigenvalue weighted by Gasteiger charge is 2.35.